The Balaban J connectivity index is 1.32. The zero-order valence-corrected chi connectivity index (χ0v) is 19.1. The molecule has 2 unspecified atom stereocenters. The van der Waals surface area contributed by atoms with Gasteiger partial charge in [0, 0.05) is 17.4 Å². The first-order valence-corrected chi connectivity index (χ1v) is 11.9. The summed E-state index contributed by atoms with van der Waals surface area (Å²) in [6, 6.07) is 13.9. The fourth-order valence-electron chi connectivity index (χ4n) is 3.51. The van der Waals surface area contributed by atoms with Crippen LogP contribution in [-0.2, 0) is 6.42 Å². The van der Waals surface area contributed by atoms with E-state index in [2.05, 4.69) is 39.2 Å². The Kier molecular flexibility index (Phi) is 5.67. The lowest BCUT2D eigenvalue weighted by atomic mass is 9.98. The molecule has 4 aromatic heterocycles. The van der Waals surface area contributed by atoms with Crippen molar-refractivity contribution < 1.29 is 8.83 Å². The third kappa shape index (κ3) is 4.13. The summed E-state index contributed by atoms with van der Waals surface area (Å²) in [6.45, 7) is 4.09. The highest BCUT2D eigenvalue weighted by atomic mass is 32.2. The van der Waals surface area contributed by atoms with Crippen molar-refractivity contribution in [3.05, 3.63) is 81.7 Å². The van der Waals surface area contributed by atoms with Crippen LogP contribution in [0.3, 0.4) is 0 Å². The van der Waals surface area contributed by atoms with Crippen molar-refractivity contribution in [1.82, 2.24) is 20.2 Å². The first-order chi connectivity index (χ1) is 15.6. The number of thiophene rings is 1. The Morgan fingerprint density at radius 1 is 1.12 bits per heavy atom. The molecule has 0 radical (unpaired) electrons. The van der Waals surface area contributed by atoms with Gasteiger partial charge in [-0.1, -0.05) is 49.0 Å². The van der Waals surface area contributed by atoms with Gasteiger partial charge < -0.3 is 13.8 Å². The zero-order valence-electron chi connectivity index (χ0n) is 17.4. The number of hydrogen-bond donors (Lipinski definition) is 1. The molecule has 0 fully saturated rings. The molecular formula is C23H20N4O3S2. The minimum Gasteiger partial charge on any atom is -0.464 e. The third-order valence-corrected chi connectivity index (χ3v) is 7.02. The molecule has 0 spiro atoms. The number of rotatable bonds is 7. The molecule has 5 aromatic rings. The predicted octanol–water partition coefficient (Wildman–Crippen LogP) is 5.83. The van der Waals surface area contributed by atoms with E-state index in [1.165, 1.54) is 28.7 Å². The van der Waals surface area contributed by atoms with Crippen molar-refractivity contribution in [2.45, 2.75) is 36.7 Å². The molecule has 0 saturated carbocycles. The van der Waals surface area contributed by atoms with E-state index < -0.39 is 0 Å². The lowest BCUT2D eigenvalue weighted by Crippen LogP contribution is -2.12. The summed E-state index contributed by atoms with van der Waals surface area (Å²) in [4.78, 5) is 21.0. The van der Waals surface area contributed by atoms with Crippen LogP contribution in [0.1, 0.15) is 42.3 Å². The summed E-state index contributed by atoms with van der Waals surface area (Å²) in [6.07, 6.45) is 2.25. The van der Waals surface area contributed by atoms with Crippen molar-refractivity contribution in [2.24, 2.45) is 0 Å². The SMILES string of the molecule is CC(Cc1nnc(SC(C)c2nc3scc(-c4ccco4)c3c(=O)[nH]2)o1)c1ccccc1. The second kappa shape index (κ2) is 8.76. The number of aromatic amines is 1. The average Bonchev–Trinajstić information content (AvgIpc) is 3.55. The van der Waals surface area contributed by atoms with Crippen LogP contribution in [0.4, 0.5) is 0 Å². The number of nitrogens with zero attached hydrogens (tertiary/aromatic N) is 3. The highest BCUT2D eigenvalue weighted by molar-refractivity contribution is 7.99. The first-order valence-electron chi connectivity index (χ1n) is 10.2. The Hall–Kier alpha value is -3.17. The maximum absolute atomic E-state index is 12.8. The molecule has 1 aromatic carbocycles. The second-order valence-electron chi connectivity index (χ2n) is 7.50. The summed E-state index contributed by atoms with van der Waals surface area (Å²) >= 11 is 2.80. The van der Waals surface area contributed by atoms with Gasteiger partial charge in [-0.15, -0.1) is 21.5 Å². The van der Waals surface area contributed by atoms with Crippen molar-refractivity contribution >= 4 is 33.3 Å². The highest BCUT2D eigenvalue weighted by Gasteiger charge is 2.20. The summed E-state index contributed by atoms with van der Waals surface area (Å²) in [5, 5.41) is 11.1. The van der Waals surface area contributed by atoms with E-state index >= 15 is 0 Å². The van der Waals surface area contributed by atoms with Gasteiger partial charge in [-0.3, -0.25) is 4.79 Å². The fourth-order valence-corrected chi connectivity index (χ4v) is 5.20. The van der Waals surface area contributed by atoms with Gasteiger partial charge in [-0.05, 0) is 30.5 Å². The number of benzene rings is 1. The summed E-state index contributed by atoms with van der Waals surface area (Å²) in [7, 11) is 0. The Bertz CT molecular complexity index is 1390. The molecule has 162 valence electrons. The van der Waals surface area contributed by atoms with Gasteiger partial charge in [0.1, 0.15) is 16.4 Å². The normalized spacial score (nSPS) is 13.4. The molecule has 0 amide bonds. The smallest absolute Gasteiger partial charge is 0.277 e. The standard InChI is InChI=1S/C23H20N4O3S2/c1-13(15-7-4-3-5-8-15)11-18-26-27-23(30-18)32-14(2)20-24-21(28)19-16(12-31-22(19)25-20)17-9-6-10-29-17/h3-10,12-14H,11H2,1-2H3,(H,24,25,28). The summed E-state index contributed by atoms with van der Waals surface area (Å²) in [5.74, 6) is 2.09. The number of nitrogens with one attached hydrogen (secondary N) is 1. The molecule has 2 atom stereocenters. The van der Waals surface area contributed by atoms with Gasteiger partial charge in [-0.25, -0.2) is 4.98 Å². The Morgan fingerprint density at radius 3 is 2.75 bits per heavy atom. The Labute approximate surface area is 191 Å². The van der Waals surface area contributed by atoms with E-state index in [0.717, 1.165) is 5.56 Å². The fraction of sp³-hybridized carbons (Fsp3) is 0.217. The molecule has 0 aliphatic heterocycles. The van der Waals surface area contributed by atoms with Crippen LogP contribution in [0, 0.1) is 0 Å². The Morgan fingerprint density at radius 2 is 1.97 bits per heavy atom. The first kappa shape index (κ1) is 20.7. The van der Waals surface area contributed by atoms with Crippen LogP contribution in [0.25, 0.3) is 21.5 Å². The molecule has 1 N–H and O–H groups in total. The molecule has 0 aliphatic carbocycles. The van der Waals surface area contributed by atoms with Gasteiger partial charge in [0.05, 0.1) is 16.9 Å². The highest BCUT2D eigenvalue weighted by Crippen LogP contribution is 2.35. The van der Waals surface area contributed by atoms with Gasteiger partial charge in [-0.2, -0.15) is 0 Å². The van der Waals surface area contributed by atoms with E-state index in [9.17, 15) is 4.79 Å². The summed E-state index contributed by atoms with van der Waals surface area (Å²) in [5.41, 5.74) is 1.80. The minimum absolute atomic E-state index is 0.166. The molecule has 7 nitrogen and oxygen atoms in total. The van der Waals surface area contributed by atoms with E-state index in [1.807, 2.05) is 36.6 Å². The van der Waals surface area contributed by atoms with Gasteiger partial charge in [0.15, 0.2) is 0 Å². The van der Waals surface area contributed by atoms with Crippen molar-refractivity contribution in [3.8, 4) is 11.3 Å². The molecule has 0 bridgehead atoms. The van der Waals surface area contributed by atoms with E-state index in [0.29, 0.717) is 39.3 Å². The zero-order chi connectivity index (χ0) is 22.1. The van der Waals surface area contributed by atoms with Crippen molar-refractivity contribution in [1.29, 1.82) is 0 Å². The lowest BCUT2D eigenvalue weighted by molar-refractivity contribution is 0.404. The molecule has 32 heavy (non-hydrogen) atoms. The molecule has 9 heteroatoms. The van der Waals surface area contributed by atoms with Crippen LogP contribution < -0.4 is 5.56 Å². The maximum atomic E-state index is 12.8. The van der Waals surface area contributed by atoms with Crippen LogP contribution in [0.5, 0.6) is 0 Å². The number of aromatic nitrogens is 4. The number of fused-ring (bicyclic) bond motifs is 1. The quantitative estimate of drug-likeness (QED) is 0.303. The molecule has 0 aliphatic rings. The molecule has 5 rings (SSSR count). The topological polar surface area (TPSA) is 97.8 Å². The third-order valence-electron chi connectivity index (χ3n) is 5.21. The maximum Gasteiger partial charge on any atom is 0.277 e. The predicted molar refractivity (Wildman–Crippen MR) is 125 cm³/mol. The van der Waals surface area contributed by atoms with Crippen molar-refractivity contribution in [3.63, 3.8) is 0 Å². The lowest BCUT2D eigenvalue weighted by Gasteiger charge is -2.09. The van der Waals surface area contributed by atoms with E-state index in [4.69, 9.17) is 8.83 Å². The monoisotopic (exact) mass is 464 g/mol. The van der Waals surface area contributed by atoms with Crippen molar-refractivity contribution in [2.75, 3.05) is 0 Å². The second-order valence-corrected chi connectivity index (χ2v) is 9.65. The van der Waals surface area contributed by atoms with Crippen LogP contribution in [0.2, 0.25) is 0 Å². The van der Waals surface area contributed by atoms with Crippen LogP contribution in [0.15, 0.2) is 73.0 Å². The summed E-state index contributed by atoms with van der Waals surface area (Å²) < 4.78 is 11.3. The number of hydrogen-bond acceptors (Lipinski definition) is 8. The molecule has 4 heterocycles. The number of H-pyrrole nitrogens is 1. The number of thioether (sulfide) groups is 1. The molecule has 0 saturated heterocycles. The van der Waals surface area contributed by atoms with Crippen LogP contribution >= 0.6 is 23.1 Å². The van der Waals surface area contributed by atoms with E-state index in [-0.39, 0.29) is 16.7 Å². The van der Waals surface area contributed by atoms with E-state index in [1.54, 1.807) is 12.3 Å². The largest absolute Gasteiger partial charge is 0.464 e. The van der Waals surface area contributed by atoms with Gasteiger partial charge >= 0.3 is 0 Å². The molecular weight excluding hydrogens is 444 g/mol. The number of furan rings is 1. The van der Waals surface area contributed by atoms with Gasteiger partial charge in [0.2, 0.25) is 5.89 Å². The minimum atomic E-state index is -0.187. The average molecular weight is 465 g/mol. The van der Waals surface area contributed by atoms with Gasteiger partial charge in [0.25, 0.3) is 10.8 Å². The van der Waals surface area contributed by atoms with Crippen LogP contribution in [-0.4, -0.2) is 20.2 Å².